The summed E-state index contributed by atoms with van der Waals surface area (Å²) in [6.07, 6.45) is 5.64. The van der Waals surface area contributed by atoms with Crippen molar-refractivity contribution in [1.82, 2.24) is 20.0 Å². The van der Waals surface area contributed by atoms with Gasteiger partial charge < -0.3 is 14.5 Å². The highest BCUT2D eigenvalue weighted by atomic mass is 16.5. The van der Waals surface area contributed by atoms with E-state index in [0.717, 1.165) is 49.1 Å². The molecule has 3 rings (SSSR count). The fourth-order valence-corrected chi connectivity index (χ4v) is 3.59. The van der Waals surface area contributed by atoms with E-state index in [1.165, 1.54) is 19.3 Å². The molecule has 3 heterocycles. The third kappa shape index (κ3) is 3.65. The van der Waals surface area contributed by atoms with Gasteiger partial charge in [-0.15, -0.1) is 0 Å². The first-order valence-electron chi connectivity index (χ1n) is 8.75. The standard InChI is InChI=1S/C18H28N4O2/c1-14-15(18(23-3)21(2)20-14)12-19-13-16(17-8-7-11-24-17)22-9-5-4-6-10-22/h7-8,11,16,19H,4-6,9-10,12-13H2,1-3H3/t16-/m1/s1. The summed E-state index contributed by atoms with van der Waals surface area (Å²) >= 11 is 0. The lowest BCUT2D eigenvalue weighted by Gasteiger charge is -2.33. The van der Waals surface area contributed by atoms with Crippen LogP contribution >= 0.6 is 0 Å². The predicted octanol–water partition coefficient (Wildman–Crippen LogP) is 2.65. The molecule has 1 saturated heterocycles. The molecule has 6 heteroatoms. The number of piperidine rings is 1. The van der Waals surface area contributed by atoms with Gasteiger partial charge in [0.05, 0.1) is 30.7 Å². The molecule has 1 aliphatic heterocycles. The van der Waals surface area contributed by atoms with Gasteiger partial charge in [0, 0.05) is 20.1 Å². The summed E-state index contributed by atoms with van der Waals surface area (Å²) in [6.45, 7) is 5.90. The monoisotopic (exact) mass is 332 g/mol. The molecule has 0 amide bonds. The van der Waals surface area contributed by atoms with Gasteiger partial charge in [-0.25, -0.2) is 4.68 Å². The van der Waals surface area contributed by atoms with Crippen molar-refractivity contribution >= 4 is 0 Å². The van der Waals surface area contributed by atoms with Gasteiger partial charge in [-0.2, -0.15) is 5.10 Å². The normalized spacial score (nSPS) is 17.1. The highest BCUT2D eigenvalue weighted by Crippen LogP contribution is 2.25. The minimum absolute atomic E-state index is 0.281. The first kappa shape index (κ1) is 17.0. The summed E-state index contributed by atoms with van der Waals surface area (Å²) < 4.78 is 13.0. The number of aryl methyl sites for hydroxylation is 2. The number of methoxy groups -OCH3 is 1. The van der Waals surface area contributed by atoms with Gasteiger partial charge in [-0.3, -0.25) is 4.90 Å². The van der Waals surface area contributed by atoms with Crippen molar-refractivity contribution in [2.75, 3.05) is 26.7 Å². The van der Waals surface area contributed by atoms with Crippen LogP contribution in [0.2, 0.25) is 0 Å². The second-order valence-corrected chi connectivity index (χ2v) is 6.46. The van der Waals surface area contributed by atoms with Crippen LogP contribution in [0.1, 0.15) is 42.3 Å². The fraction of sp³-hybridized carbons (Fsp3) is 0.611. The molecule has 0 aliphatic carbocycles. The molecule has 0 unspecified atom stereocenters. The average molecular weight is 332 g/mol. The summed E-state index contributed by atoms with van der Waals surface area (Å²) in [5.41, 5.74) is 2.13. The van der Waals surface area contributed by atoms with Crippen LogP contribution in [0.25, 0.3) is 0 Å². The summed E-state index contributed by atoms with van der Waals surface area (Å²) in [7, 11) is 3.61. The van der Waals surface area contributed by atoms with Crippen molar-refractivity contribution in [1.29, 1.82) is 0 Å². The minimum Gasteiger partial charge on any atom is -0.481 e. The van der Waals surface area contributed by atoms with E-state index in [2.05, 4.69) is 21.4 Å². The minimum atomic E-state index is 0.281. The number of likely N-dealkylation sites (tertiary alicyclic amines) is 1. The molecule has 1 aliphatic rings. The fourth-order valence-electron chi connectivity index (χ4n) is 3.59. The summed E-state index contributed by atoms with van der Waals surface area (Å²) in [6, 6.07) is 4.33. The summed E-state index contributed by atoms with van der Waals surface area (Å²) in [5.74, 6) is 1.87. The van der Waals surface area contributed by atoms with Crippen LogP contribution < -0.4 is 10.1 Å². The lowest BCUT2D eigenvalue weighted by atomic mass is 10.1. The van der Waals surface area contributed by atoms with Crippen LogP contribution in [0.5, 0.6) is 5.88 Å². The van der Waals surface area contributed by atoms with E-state index in [0.29, 0.717) is 0 Å². The molecule has 0 radical (unpaired) electrons. The van der Waals surface area contributed by atoms with Gasteiger partial charge in [0.2, 0.25) is 5.88 Å². The highest BCUT2D eigenvalue weighted by molar-refractivity contribution is 5.30. The molecule has 1 N–H and O–H groups in total. The highest BCUT2D eigenvalue weighted by Gasteiger charge is 2.24. The van der Waals surface area contributed by atoms with Crippen LogP contribution in [-0.4, -0.2) is 41.4 Å². The van der Waals surface area contributed by atoms with E-state index in [1.807, 2.05) is 20.0 Å². The Balaban J connectivity index is 1.66. The van der Waals surface area contributed by atoms with Gasteiger partial charge in [0.15, 0.2) is 0 Å². The van der Waals surface area contributed by atoms with Gasteiger partial charge in [-0.1, -0.05) is 6.42 Å². The summed E-state index contributed by atoms with van der Waals surface area (Å²) in [5, 5.41) is 8.02. The maximum atomic E-state index is 5.70. The Bertz CT molecular complexity index is 630. The number of furan rings is 1. The molecule has 0 aromatic carbocycles. The Kier molecular flexibility index (Phi) is 5.58. The van der Waals surface area contributed by atoms with E-state index < -0.39 is 0 Å². The molecule has 0 bridgehead atoms. The number of nitrogens with zero attached hydrogens (tertiary/aromatic N) is 3. The average Bonchev–Trinajstić information content (AvgIpc) is 3.20. The molecule has 2 aromatic rings. The number of hydrogen-bond donors (Lipinski definition) is 1. The SMILES string of the molecule is COc1c(CNC[C@H](c2ccco2)N2CCCCC2)c(C)nn1C. The van der Waals surface area contributed by atoms with Gasteiger partial charge in [0.25, 0.3) is 0 Å². The molecule has 2 aromatic heterocycles. The van der Waals surface area contributed by atoms with Crippen molar-refractivity contribution in [2.24, 2.45) is 7.05 Å². The zero-order chi connectivity index (χ0) is 16.9. The molecule has 0 saturated carbocycles. The zero-order valence-electron chi connectivity index (χ0n) is 14.9. The quantitative estimate of drug-likeness (QED) is 0.845. The van der Waals surface area contributed by atoms with Gasteiger partial charge in [-0.05, 0) is 45.0 Å². The first-order valence-corrected chi connectivity index (χ1v) is 8.75. The van der Waals surface area contributed by atoms with Crippen LogP contribution in [0.3, 0.4) is 0 Å². The molecule has 132 valence electrons. The summed E-state index contributed by atoms with van der Waals surface area (Å²) in [4.78, 5) is 2.53. The van der Waals surface area contributed by atoms with Crippen molar-refractivity contribution in [3.63, 3.8) is 0 Å². The number of aromatic nitrogens is 2. The molecular weight excluding hydrogens is 304 g/mol. The van der Waals surface area contributed by atoms with Crippen LogP contribution in [0, 0.1) is 6.92 Å². The number of ether oxygens (including phenoxy) is 1. The van der Waals surface area contributed by atoms with Crippen LogP contribution in [0.4, 0.5) is 0 Å². The van der Waals surface area contributed by atoms with E-state index in [4.69, 9.17) is 9.15 Å². The van der Waals surface area contributed by atoms with Gasteiger partial charge >= 0.3 is 0 Å². The topological polar surface area (TPSA) is 55.5 Å². The Morgan fingerprint density at radius 2 is 2.12 bits per heavy atom. The second kappa shape index (κ2) is 7.85. The number of rotatable bonds is 7. The predicted molar refractivity (Wildman–Crippen MR) is 93.1 cm³/mol. The smallest absolute Gasteiger partial charge is 0.216 e. The Labute approximate surface area is 143 Å². The number of hydrogen-bond acceptors (Lipinski definition) is 5. The molecular formula is C18H28N4O2. The molecule has 6 nitrogen and oxygen atoms in total. The zero-order valence-corrected chi connectivity index (χ0v) is 14.9. The Hall–Kier alpha value is -1.79. The maximum Gasteiger partial charge on any atom is 0.216 e. The number of nitrogens with one attached hydrogen (secondary N) is 1. The maximum absolute atomic E-state index is 5.70. The van der Waals surface area contributed by atoms with E-state index in [-0.39, 0.29) is 6.04 Å². The molecule has 1 atom stereocenters. The van der Waals surface area contributed by atoms with Crippen molar-refractivity contribution in [3.8, 4) is 5.88 Å². The Morgan fingerprint density at radius 1 is 1.33 bits per heavy atom. The lowest BCUT2D eigenvalue weighted by molar-refractivity contribution is 0.142. The third-order valence-electron chi connectivity index (χ3n) is 4.82. The third-order valence-corrected chi connectivity index (χ3v) is 4.82. The van der Waals surface area contributed by atoms with E-state index in [9.17, 15) is 0 Å². The van der Waals surface area contributed by atoms with Crippen molar-refractivity contribution in [2.45, 2.75) is 38.8 Å². The van der Waals surface area contributed by atoms with E-state index >= 15 is 0 Å². The van der Waals surface area contributed by atoms with Crippen LogP contribution in [-0.2, 0) is 13.6 Å². The first-order chi connectivity index (χ1) is 11.7. The molecule has 1 fully saturated rings. The van der Waals surface area contributed by atoms with Crippen LogP contribution in [0.15, 0.2) is 22.8 Å². The lowest BCUT2D eigenvalue weighted by Crippen LogP contribution is -2.38. The van der Waals surface area contributed by atoms with Crippen molar-refractivity contribution < 1.29 is 9.15 Å². The largest absolute Gasteiger partial charge is 0.481 e. The van der Waals surface area contributed by atoms with E-state index in [1.54, 1.807) is 18.1 Å². The second-order valence-electron chi connectivity index (χ2n) is 6.46. The van der Waals surface area contributed by atoms with Gasteiger partial charge in [0.1, 0.15) is 5.76 Å². The molecule has 24 heavy (non-hydrogen) atoms. The van der Waals surface area contributed by atoms with Crippen molar-refractivity contribution in [3.05, 3.63) is 35.4 Å². The Morgan fingerprint density at radius 3 is 2.79 bits per heavy atom. The molecule has 0 spiro atoms.